The van der Waals surface area contributed by atoms with E-state index in [0.29, 0.717) is 38.4 Å². The molecule has 0 spiro atoms. The minimum absolute atomic E-state index is 0.153. The summed E-state index contributed by atoms with van der Waals surface area (Å²) in [6.07, 6.45) is 8.94. The van der Waals surface area contributed by atoms with Crippen LogP contribution in [-0.4, -0.2) is 25.3 Å². The Labute approximate surface area is 157 Å². The topological polar surface area (TPSA) is 44.8 Å². The van der Waals surface area contributed by atoms with Gasteiger partial charge in [0.15, 0.2) is 0 Å². The minimum Gasteiger partial charge on any atom is -0.498 e. The molecule has 4 heteroatoms. The average Bonchev–Trinajstić information content (AvgIpc) is 2.63. The Balaban J connectivity index is 1.63. The number of cyclic esters (lactones) is 1. The monoisotopic (exact) mass is 360 g/mol. The van der Waals surface area contributed by atoms with E-state index in [4.69, 9.17) is 14.2 Å². The van der Waals surface area contributed by atoms with Crippen LogP contribution in [0.4, 0.5) is 0 Å². The maximum absolute atomic E-state index is 11.5. The van der Waals surface area contributed by atoms with Gasteiger partial charge in [0.1, 0.15) is 11.9 Å². The number of unbranched alkanes of at least 4 members (excludes halogenated alkanes) is 3. The molecule has 1 heterocycles. The molecule has 0 saturated carbocycles. The van der Waals surface area contributed by atoms with Gasteiger partial charge in [-0.25, -0.2) is 4.79 Å². The summed E-state index contributed by atoms with van der Waals surface area (Å²) in [6, 6.07) is 8.69. The molecule has 0 bridgehead atoms. The summed E-state index contributed by atoms with van der Waals surface area (Å²) in [5, 5.41) is 0. The van der Waals surface area contributed by atoms with Crippen molar-refractivity contribution in [2.24, 2.45) is 0 Å². The highest BCUT2D eigenvalue weighted by Gasteiger charge is 2.22. The third-order valence-corrected chi connectivity index (χ3v) is 4.52. The molecule has 1 unspecified atom stereocenters. The predicted molar refractivity (Wildman–Crippen MR) is 103 cm³/mol. The van der Waals surface area contributed by atoms with Crippen molar-refractivity contribution >= 4 is 5.97 Å². The van der Waals surface area contributed by atoms with Crippen LogP contribution in [-0.2, 0) is 32.0 Å². The Morgan fingerprint density at radius 2 is 1.85 bits per heavy atom. The molecule has 1 atom stereocenters. The third-order valence-electron chi connectivity index (χ3n) is 4.52. The van der Waals surface area contributed by atoms with Crippen LogP contribution >= 0.6 is 0 Å². The molecule has 0 saturated heterocycles. The van der Waals surface area contributed by atoms with E-state index in [1.54, 1.807) is 0 Å². The van der Waals surface area contributed by atoms with Gasteiger partial charge in [-0.05, 0) is 30.9 Å². The van der Waals surface area contributed by atoms with E-state index >= 15 is 0 Å². The number of carbonyl (C=O) groups excluding carboxylic acids is 1. The number of rotatable bonds is 12. The lowest BCUT2D eigenvalue weighted by molar-refractivity contribution is -0.146. The highest BCUT2D eigenvalue weighted by molar-refractivity contribution is 5.83. The highest BCUT2D eigenvalue weighted by atomic mass is 16.6. The molecule has 0 aromatic heterocycles. The van der Waals surface area contributed by atoms with Crippen LogP contribution in [0.5, 0.6) is 0 Å². The largest absolute Gasteiger partial charge is 0.498 e. The van der Waals surface area contributed by atoms with Crippen molar-refractivity contribution in [2.45, 2.75) is 71.5 Å². The zero-order chi connectivity index (χ0) is 18.6. The molecule has 144 valence electrons. The van der Waals surface area contributed by atoms with Crippen molar-refractivity contribution < 1.29 is 19.0 Å². The van der Waals surface area contributed by atoms with Gasteiger partial charge in [-0.2, -0.15) is 0 Å². The molecular weight excluding hydrogens is 328 g/mol. The van der Waals surface area contributed by atoms with Gasteiger partial charge in [0, 0.05) is 12.8 Å². The van der Waals surface area contributed by atoms with Crippen molar-refractivity contribution in [3.05, 3.63) is 47.2 Å². The number of benzene rings is 1. The standard InChI is InChI=1S/C22H32O4/c1-3-5-6-7-8-18-9-11-19(12-10-18)17-24-14-13-20-15-21(25-4-2)16-22(23)26-20/h9-12,16,20H,3-8,13-15,17H2,1-2H3. The molecule has 4 nitrogen and oxygen atoms in total. The summed E-state index contributed by atoms with van der Waals surface area (Å²) in [5.41, 5.74) is 2.58. The smallest absolute Gasteiger partial charge is 0.334 e. The van der Waals surface area contributed by atoms with Crippen LogP contribution in [0.3, 0.4) is 0 Å². The first-order valence-electron chi connectivity index (χ1n) is 9.90. The number of hydrogen-bond donors (Lipinski definition) is 0. The number of aryl methyl sites for hydroxylation is 1. The van der Waals surface area contributed by atoms with Crippen LogP contribution in [0.1, 0.15) is 63.5 Å². The van der Waals surface area contributed by atoms with Crippen LogP contribution in [0.2, 0.25) is 0 Å². The summed E-state index contributed by atoms with van der Waals surface area (Å²) in [5.74, 6) is 0.391. The van der Waals surface area contributed by atoms with Crippen LogP contribution < -0.4 is 0 Å². The first-order chi connectivity index (χ1) is 12.7. The van der Waals surface area contributed by atoms with Gasteiger partial charge < -0.3 is 14.2 Å². The fourth-order valence-corrected chi connectivity index (χ4v) is 3.06. The van der Waals surface area contributed by atoms with E-state index in [1.807, 2.05) is 6.92 Å². The Morgan fingerprint density at radius 1 is 1.08 bits per heavy atom. The van der Waals surface area contributed by atoms with Gasteiger partial charge in [0.25, 0.3) is 0 Å². The number of hydrogen-bond acceptors (Lipinski definition) is 4. The summed E-state index contributed by atoms with van der Waals surface area (Å²) in [7, 11) is 0. The van der Waals surface area contributed by atoms with E-state index < -0.39 is 0 Å². The zero-order valence-electron chi connectivity index (χ0n) is 16.2. The molecule has 0 N–H and O–H groups in total. The first-order valence-corrected chi connectivity index (χ1v) is 9.90. The lowest BCUT2D eigenvalue weighted by Crippen LogP contribution is -2.25. The van der Waals surface area contributed by atoms with Crippen molar-refractivity contribution in [2.75, 3.05) is 13.2 Å². The second-order valence-electron chi connectivity index (χ2n) is 6.78. The van der Waals surface area contributed by atoms with Gasteiger partial charge in [0.2, 0.25) is 0 Å². The van der Waals surface area contributed by atoms with Crippen molar-refractivity contribution in [1.82, 2.24) is 0 Å². The SMILES string of the molecule is CCCCCCc1ccc(COCCC2CC(OCC)=CC(=O)O2)cc1. The summed E-state index contributed by atoms with van der Waals surface area (Å²) in [6.45, 7) is 5.87. The van der Waals surface area contributed by atoms with E-state index in [1.165, 1.54) is 42.9 Å². The Hall–Kier alpha value is -1.81. The Morgan fingerprint density at radius 3 is 2.58 bits per heavy atom. The molecule has 0 aliphatic carbocycles. The van der Waals surface area contributed by atoms with Crippen LogP contribution in [0, 0.1) is 0 Å². The lowest BCUT2D eigenvalue weighted by Gasteiger charge is -2.22. The second-order valence-corrected chi connectivity index (χ2v) is 6.78. The van der Waals surface area contributed by atoms with Crippen LogP contribution in [0.15, 0.2) is 36.1 Å². The normalized spacial score (nSPS) is 16.9. The van der Waals surface area contributed by atoms with Gasteiger partial charge in [0.05, 0.1) is 25.9 Å². The van der Waals surface area contributed by atoms with Crippen molar-refractivity contribution in [3.8, 4) is 0 Å². The van der Waals surface area contributed by atoms with Crippen molar-refractivity contribution in [3.63, 3.8) is 0 Å². The van der Waals surface area contributed by atoms with Crippen molar-refractivity contribution in [1.29, 1.82) is 0 Å². The molecule has 26 heavy (non-hydrogen) atoms. The molecule has 0 radical (unpaired) electrons. The highest BCUT2D eigenvalue weighted by Crippen LogP contribution is 2.19. The molecule has 0 amide bonds. The van der Waals surface area contributed by atoms with Gasteiger partial charge in [-0.3, -0.25) is 0 Å². The Bertz CT molecular complexity index is 562. The summed E-state index contributed by atoms with van der Waals surface area (Å²) < 4.78 is 16.5. The fraction of sp³-hybridized carbons (Fsp3) is 0.591. The zero-order valence-corrected chi connectivity index (χ0v) is 16.2. The third kappa shape index (κ3) is 7.61. The Kier molecular flexibility index (Phi) is 9.26. The van der Waals surface area contributed by atoms with Gasteiger partial charge in [-0.1, -0.05) is 50.5 Å². The molecular formula is C22H32O4. The lowest BCUT2D eigenvalue weighted by atomic mass is 10.0. The summed E-state index contributed by atoms with van der Waals surface area (Å²) in [4.78, 5) is 11.5. The first kappa shape index (κ1) is 20.5. The van der Waals surface area contributed by atoms with Gasteiger partial charge >= 0.3 is 5.97 Å². The minimum atomic E-state index is -0.320. The average molecular weight is 360 g/mol. The molecule has 1 aromatic rings. The molecule has 1 aromatic carbocycles. The predicted octanol–water partition coefficient (Wildman–Crippen LogP) is 4.95. The molecule has 1 aliphatic rings. The molecule has 1 aliphatic heterocycles. The van der Waals surface area contributed by atoms with E-state index in [2.05, 4.69) is 31.2 Å². The summed E-state index contributed by atoms with van der Waals surface area (Å²) >= 11 is 0. The van der Waals surface area contributed by atoms with Crippen LogP contribution in [0.25, 0.3) is 0 Å². The van der Waals surface area contributed by atoms with E-state index in [-0.39, 0.29) is 12.1 Å². The second kappa shape index (κ2) is 11.7. The van der Waals surface area contributed by atoms with Gasteiger partial charge in [-0.15, -0.1) is 0 Å². The number of ether oxygens (including phenoxy) is 3. The van der Waals surface area contributed by atoms with E-state index in [0.717, 1.165) is 6.42 Å². The maximum Gasteiger partial charge on any atom is 0.334 e. The number of esters is 1. The molecule has 0 fully saturated rings. The fourth-order valence-electron chi connectivity index (χ4n) is 3.06. The molecule has 2 rings (SSSR count). The quantitative estimate of drug-likeness (QED) is 0.391. The van der Waals surface area contributed by atoms with E-state index in [9.17, 15) is 4.79 Å². The maximum atomic E-state index is 11.5. The number of carbonyl (C=O) groups is 1.